The number of thiazole rings is 1. The Morgan fingerprint density at radius 1 is 1.07 bits per heavy atom. The zero-order valence-electron chi connectivity index (χ0n) is 14.3. The number of nitrogens with zero attached hydrogens (tertiary/aromatic N) is 2. The number of fused-ring (bicyclic) bond motifs is 1. The first-order chi connectivity index (χ1) is 13.4. The minimum Gasteiger partial charge on any atom is -0.378 e. The number of amides is 1. The molecule has 10 heteroatoms. The van der Waals surface area contributed by atoms with Crippen LogP contribution in [-0.2, 0) is 4.74 Å². The Balaban J connectivity index is 1.59. The number of aromatic nitrogens is 1. The number of hydrogen-bond donors (Lipinski definition) is 1. The van der Waals surface area contributed by atoms with Crippen molar-refractivity contribution in [3.63, 3.8) is 0 Å². The molecule has 1 saturated heterocycles. The summed E-state index contributed by atoms with van der Waals surface area (Å²) >= 11 is 1.42. The molecular formula is C18H13F4N3O2S. The van der Waals surface area contributed by atoms with Crippen LogP contribution in [0.5, 0.6) is 0 Å². The van der Waals surface area contributed by atoms with Crippen molar-refractivity contribution in [2.24, 2.45) is 0 Å². The quantitative estimate of drug-likeness (QED) is 0.403. The lowest BCUT2D eigenvalue weighted by atomic mass is 10.1. The van der Waals surface area contributed by atoms with E-state index >= 15 is 0 Å². The molecule has 0 saturated carbocycles. The van der Waals surface area contributed by atoms with Crippen LogP contribution in [-0.4, -0.2) is 37.2 Å². The van der Waals surface area contributed by atoms with E-state index in [0.29, 0.717) is 25.0 Å². The van der Waals surface area contributed by atoms with E-state index in [1.165, 1.54) is 17.4 Å². The SMILES string of the molecule is O=C(Nc1ccc2nc(N3CCOCC3)sc2c1)c1cc(F)c(F)c(F)c1F. The number of carbonyl (C=O) groups is 1. The van der Waals surface area contributed by atoms with Gasteiger partial charge in [0.2, 0.25) is 0 Å². The van der Waals surface area contributed by atoms with Crippen LogP contribution in [0.1, 0.15) is 10.4 Å². The normalized spacial score (nSPS) is 14.5. The van der Waals surface area contributed by atoms with Gasteiger partial charge in [0.15, 0.2) is 28.4 Å². The van der Waals surface area contributed by atoms with Gasteiger partial charge in [-0.3, -0.25) is 4.79 Å². The van der Waals surface area contributed by atoms with Crippen molar-refractivity contribution in [1.82, 2.24) is 4.98 Å². The summed E-state index contributed by atoms with van der Waals surface area (Å²) in [6, 6.07) is 5.17. The number of anilines is 2. The Kier molecular flexibility index (Phi) is 4.90. The minimum absolute atomic E-state index is 0.291. The predicted octanol–water partition coefficient (Wildman–Crippen LogP) is 3.94. The molecule has 0 unspecified atom stereocenters. The van der Waals surface area contributed by atoms with E-state index in [2.05, 4.69) is 15.2 Å². The molecule has 28 heavy (non-hydrogen) atoms. The van der Waals surface area contributed by atoms with Crippen LogP contribution in [0.3, 0.4) is 0 Å². The maximum Gasteiger partial charge on any atom is 0.258 e. The summed E-state index contributed by atoms with van der Waals surface area (Å²) in [6.45, 7) is 2.69. The number of nitrogens with one attached hydrogen (secondary N) is 1. The number of ether oxygens (including phenoxy) is 1. The summed E-state index contributed by atoms with van der Waals surface area (Å²) in [5, 5.41) is 3.18. The van der Waals surface area contributed by atoms with Crippen molar-refractivity contribution in [1.29, 1.82) is 0 Å². The van der Waals surface area contributed by atoms with Gasteiger partial charge < -0.3 is 15.0 Å². The van der Waals surface area contributed by atoms with Gasteiger partial charge in [0.25, 0.3) is 5.91 Å². The van der Waals surface area contributed by atoms with Crippen LogP contribution < -0.4 is 10.2 Å². The number of morpholine rings is 1. The lowest BCUT2D eigenvalue weighted by Crippen LogP contribution is -2.36. The first-order valence-electron chi connectivity index (χ1n) is 8.31. The molecule has 4 rings (SSSR count). The molecule has 1 amide bonds. The van der Waals surface area contributed by atoms with Crippen LogP contribution >= 0.6 is 11.3 Å². The van der Waals surface area contributed by atoms with E-state index in [-0.39, 0.29) is 0 Å². The van der Waals surface area contributed by atoms with Crippen LogP contribution in [0.2, 0.25) is 0 Å². The molecule has 0 radical (unpaired) electrons. The average Bonchev–Trinajstić information content (AvgIpc) is 3.13. The maximum atomic E-state index is 13.8. The van der Waals surface area contributed by atoms with Gasteiger partial charge in [0.05, 0.1) is 29.0 Å². The monoisotopic (exact) mass is 411 g/mol. The average molecular weight is 411 g/mol. The highest BCUT2D eigenvalue weighted by Crippen LogP contribution is 2.31. The first kappa shape index (κ1) is 18.6. The van der Waals surface area contributed by atoms with E-state index in [1.807, 2.05) is 0 Å². The Bertz CT molecular complexity index is 1070. The molecule has 5 nitrogen and oxygen atoms in total. The third kappa shape index (κ3) is 3.40. The zero-order valence-corrected chi connectivity index (χ0v) is 15.1. The van der Waals surface area contributed by atoms with Gasteiger partial charge in [-0.25, -0.2) is 22.5 Å². The number of carbonyl (C=O) groups excluding carboxylic acids is 1. The third-order valence-corrected chi connectivity index (χ3v) is 5.34. The molecule has 1 fully saturated rings. The standard InChI is InChI=1S/C18H13F4N3O2S/c19-11-8-10(14(20)16(22)15(11)21)17(26)23-9-1-2-12-13(7-9)28-18(24-12)25-3-5-27-6-4-25/h1-2,7-8H,3-6H2,(H,23,26). The highest BCUT2D eigenvalue weighted by atomic mass is 32.1. The fourth-order valence-corrected chi connectivity index (χ4v) is 3.87. The van der Waals surface area contributed by atoms with Crippen molar-refractivity contribution in [3.8, 4) is 0 Å². The predicted molar refractivity (Wildman–Crippen MR) is 96.9 cm³/mol. The summed E-state index contributed by atoms with van der Waals surface area (Å²) in [7, 11) is 0. The molecule has 1 N–H and O–H groups in total. The van der Waals surface area contributed by atoms with E-state index in [4.69, 9.17) is 4.74 Å². The summed E-state index contributed by atoms with van der Waals surface area (Å²) in [6.07, 6.45) is 0. The molecule has 1 aliphatic rings. The number of rotatable bonds is 3. The smallest absolute Gasteiger partial charge is 0.258 e. The molecule has 0 aliphatic carbocycles. The largest absolute Gasteiger partial charge is 0.378 e. The highest BCUT2D eigenvalue weighted by Gasteiger charge is 2.23. The molecule has 2 heterocycles. The molecule has 146 valence electrons. The van der Waals surface area contributed by atoms with Gasteiger partial charge >= 0.3 is 0 Å². The summed E-state index contributed by atoms with van der Waals surface area (Å²) in [5.74, 6) is -8.47. The van der Waals surface area contributed by atoms with Crippen molar-refractivity contribution in [2.45, 2.75) is 0 Å². The van der Waals surface area contributed by atoms with Gasteiger partial charge in [-0.1, -0.05) is 11.3 Å². The number of benzene rings is 2. The van der Waals surface area contributed by atoms with Crippen LogP contribution in [0.15, 0.2) is 24.3 Å². The van der Waals surface area contributed by atoms with Gasteiger partial charge in [0.1, 0.15) is 0 Å². The third-order valence-electron chi connectivity index (χ3n) is 4.26. The van der Waals surface area contributed by atoms with Crippen molar-refractivity contribution < 1.29 is 27.1 Å². The summed E-state index contributed by atoms with van der Waals surface area (Å²) in [5.41, 5.74) is 0.0866. The van der Waals surface area contributed by atoms with Gasteiger partial charge in [-0.2, -0.15) is 0 Å². The Morgan fingerprint density at radius 2 is 1.82 bits per heavy atom. The summed E-state index contributed by atoms with van der Waals surface area (Å²) < 4.78 is 59.6. The van der Waals surface area contributed by atoms with Crippen LogP contribution in [0, 0.1) is 23.3 Å². The van der Waals surface area contributed by atoms with Crippen LogP contribution in [0.25, 0.3) is 10.2 Å². The fraction of sp³-hybridized carbons (Fsp3) is 0.222. The molecule has 1 aromatic heterocycles. The molecule has 1 aliphatic heterocycles. The Morgan fingerprint density at radius 3 is 2.57 bits per heavy atom. The molecule has 0 spiro atoms. The topological polar surface area (TPSA) is 54.5 Å². The molecule has 2 aromatic carbocycles. The molecular weight excluding hydrogens is 398 g/mol. The number of hydrogen-bond acceptors (Lipinski definition) is 5. The lowest BCUT2D eigenvalue weighted by Gasteiger charge is -2.25. The Labute approximate surface area is 160 Å². The van der Waals surface area contributed by atoms with Gasteiger partial charge in [-0.15, -0.1) is 0 Å². The van der Waals surface area contributed by atoms with Gasteiger partial charge in [-0.05, 0) is 24.3 Å². The van der Waals surface area contributed by atoms with Crippen molar-refractivity contribution >= 4 is 38.3 Å². The second kappa shape index (κ2) is 7.36. The van der Waals surface area contributed by atoms with Crippen molar-refractivity contribution in [3.05, 3.63) is 53.1 Å². The van der Waals surface area contributed by atoms with E-state index < -0.39 is 34.7 Å². The van der Waals surface area contributed by atoms with E-state index in [1.54, 1.807) is 12.1 Å². The lowest BCUT2D eigenvalue weighted by molar-refractivity contribution is 0.102. The van der Waals surface area contributed by atoms with E-state index in [9.17, 15) is 22.4 Å². The van der Waals surface area contributed by atoms with E-state index in [0.717, 1.165) is 28.4 Å². The number of halogens is 4. The second-order valence-electron chi connectivity index (χ2n) is 6.08. The fourth-order valence-electron chi connectivity index (χ4n) is 2.82. The van der Waals surface area contributed by atoms with Crippen molar-refractivity contribution in [2.75, 3.05) is 36.5 Å². The van der Waals surface area contributed by atoms with Crippen LogP contribution in [0.4, 0.5) is 28.4 Å². The highest BCUT2D eigenvalue weighted by molar-refractivity contribution is 7.22. The molecule has 3 aromatic rings. The van der Waals surface area contributed by atoms with Gasteiger partial charge in [0, 0.05) is 18.8 Å². The summed E-state index contributed by atoms with van der Waals surface area (Å²) in [4.78, 5) is 18.8. The molecule has 0 bridgehead atoms. The second-order valence-corrected chi connectivity index (χ2v) is 7.09. The Hall–Kier alpha value is -2.72. The maximum absolute atomic E-state index is 13.8. The molecule has 0 atom stereocenters. The zero-order chi connectivity index (χ0) is 19.8. The first-order valence-corrected chi connectivity index (χ1v) is 9.13. The minimum atomic E-state index is -2.03.